The number of rotatable bonds is 10. The van der Waals surface area contributed by atoms with Gasteiger partial charge in [-0.15, -0.1) is 0 Å². The summed E-state index contributed by atoms with van der Waals surface area (Å²) in [6.45, 7) is 7.99. The van der Waals surface area contributed by atoms with E-state index in [-0.39, 0.29) is 12.3 Å². The second-order valence-corrected chi connectivity index (χ2v) is 12.5. The number of nitrogens with two attached hydrogens (primary N) is 1. The average molecular weight is 477 g/mol. The third-order valence-corrected chi connectivity index (χ3v) is 10.5. The van der Waals surface area contributed by atoms with Crippen LogP contribution in [0, 0.1) is 0 Å². The van der Waals surface area contributed by atoms with Crippen molar-refractivity contribution < 1.29 is 23.0 Å². The van der Waals surface area contributed by atoms with Crippen molar-refractivity contribution in [2.75, 3.05) is 45.8 Å². The average Bonchev–Trinajstić information content (AvgIpc) is 3.64. The Labute approximate surface area is 186 Å². The standard InChI is InChI=1S/C20H25N5O5P2/c1-2-20(26)16-13-17(21)15-25(14-16)32(28,24-11-12-24)30-19-5-3-18(4-6-19)29-31(27,22-7-8-22)23-9-10-23/h2-6,13-14H,1,7-12,15,21H2. The molecule has 10 nitrogen and oxygen atoms in total. The van der Waals surface area contributed by atoms with Gasteiger partial charge in [-0.3, -0.25) is 9.46 Å². The van der Waals surface area contributed by atoms with Gasteiger partial charge in [0, 0.05) is 56.7 Å². The largest absolute Gasteiger partial charge is 0.422 e. The molecule has 1 aromatic carbocycles. The maximum absolute atomic E-state index is 13.9. The van der Waals surface area contributed by atoms with E-state index in [4.69, 9.17) is 14.8 Å². The Balaban J connectivity index is 1.34. The van der Waals surface area contributed by atoms with Crippen molar-refractivity contribution in [3.05, 3.63) is 60.5 Å². The van der Waals surface area contributed by atoms with E-state index in [0.29, 0.717) is 35.9 Å². The third kappa shape index (κ3) is 4.17. The molecule has 4 aliphatic rings. The first kappa shape index (κ1) is 21.5. The summed E-state index contributed by atoms with van der Waals surface area (Å²) in [6.07, 6.45) is 4.26. The quantitative estimate of drug-likeness (QED) is 0.307. The second-order valence-electron chi connectivity index (χ2n) is 7.97. The van der Waals surface area contributed by atoms with Crippen molar-refractivity contribution in [2.45, 2.75) is 0 Å². The van der Waals surface area contributed by atoms with Gasteiger partial charge in [0.05, 0.1) is 6.54 Å². The van der Waals surface area contributed by atoms with Gasteiger partial charge in [0.1, 0.15) is 11.5 Å². The van der Waals surface area contributed by atoms with E-state index in [0.717, 1.165) is 26.2 Å². The van der Waals surface area contributed by atoms with E-state index < -0.39 is 15.3 Å². The van der Waals surface area contributed by atoms with Crippen LogP contribution in [0.1, 0.15) is 0 Å². The van der Waals surface area contributed by atoms with Crippen LogP contribution in [0.4, 0.5) is 0 Å². The van der Waals surface area contributed by atoms with Gasteiger partial charge in [-0.25, -0.2) is 23.1 Å². The van der Waals surface area contributed by atoms with Crippen LogP contribution in [0.5, 0.6) is 11.5 Å². The second kappa shape index (κ2) is 7.90. The molecule has 3 fully saturated rings. The van der Waals surface area contributed by atoms with Crippen molar-refractivity contribution in [1.29, 1.82) is 0 Å². The highest BCUT2D eigenvalue weighted by molar-refractivity contribution is 7.55. The molecule has 0 radical (unpaired) electrons. The molecule has 32 heavy (non-hydrogen) atoms. The van der Waals surface area contributed by atoms with E-state index >= 15 is 0 Å². The Morgan fingerprint density at radius 3 is 1.84 bits per heavy atom. The van der Waals surface area contributed by atoms with Gasteiger partial charge in [-0.2, -0.15) is 0 Å². The van der Waals surface area contributed by atoms with Crippen LogP contribution >= 0.6 is 15.3 Å². The van der Waals surface area contributed by atoms with Crippen molar-refractivity contribution >= 4 is 21.1 Å². The van der Waals surface area contributed by atoms with Gasteiger partial charge in [0.25, 0.3) is 0 Å². The number of allylic oxidation sites excluding steroid dienone is 3. The molecule has 12 heteroatoms. The van der Waals surface area contributed by atoms with Gasteiger partial charge in [-0.05, 0) is 36.4 Å². The molecule has 0 saturated carbocycles. The number of carbonyl (C=O) groups is 1. The molecule has 170 valence electrons. The molecule has 1 aromatic rings. The molecule has 3 saturated heterocycles. The maximum Gasteiger partial charge on any atom is 0.422 e. The van der Waals surface area contributed by atoms with Crippen LogP contribution in [0.2, 0.25) is 0 Å². The van der Waals surface area contributed by atoms with E-state index in [9.17, 15) is 13.9 Å². The Hall–Kier alpha value is -2.35. The number of hydrogen-bond acceptors (Lipinski definition) is 6. The van der Waals surface area contributed by atoms with Crippen LogP contribution in [0.3, 0.4) is 0 Å². The molecule has 1 atom stereocenters. The summed E-state index contributed by atoms with van der Waals surface area (Å²) < 4.78 is 45.7. The SMILES string of the molecule is C=CC(=O)C1=CN(P(=O)(Oc2ccc(OP(=O)(N3CC3)N3CC3)cc2)N2CC2)CC(N)=C1. The number of carbonyl (C=O) groups excluding carboxylic acids is 1. The normalized spacial score (nSPS) is 22.9. The number of benzene rings is 1. The number of hydrogen-bond donors (Lipinski definition) is 1. The Kier molecular flexibility index (Phi) is 5.31. The highest BCUT2D eigenvalue weighted by atomic mass is 31.2. The summed E-state index contributed by atoms with van der Waals surface area (Å²) >= 11 is 0. The molecule has 4 heterocycles. The maximum atomic E-state index is 13.9. The molecule has 0 amide bonds. The van der Waals surface area contributed by atoms with Gasteiger partial charge in [0.2, 0.25) is 0 Å². The van der Waals surface area contributed by atoms with Gasteiger partial charge in [-0.1, -0.05) is 6.58 Å². The predicted molar refractivity (Wildman–Crippen MR) is 120 cm³/mol. The first-order chi connectivity index (χ1) is 15.3. The fourth-order valence-electron chi connectivity index (χ4n) is 3.39. The minimum atomic E-state index is -3.50. The lowest BCUT2D eigenvalue weighted by Crippen LogP contribution is -2.29. The Morgan fingerprint density at radius 1 is 0.906 bits per heavy atom. The summed E-state index contributed by atoms with van der Waals surface area (Å²) in [5.41, 5.74) is 6.72. The lowest BCUT2D eigenvalue weighted by atomic mass is 10.1. The minimum absolute atomic E-state index is 0.178. The highest BCUT2D eigenvalue weighted by Gasteiger charge is 2.51. The summed E-state index contributed by atoms with van der Waals surface area (Å²) in [6, 6.07) is 6.61. The van der Waals surface area contributed by atoms with Crippen molar-refractivity contribution in [3.63, 3.8) is 0 Å². The lowest BCUT2D eigenvalue weighted by Gasteiger charge is -2.33. The molecule has 4 aliphatic heterocycles. The molecule has 5 rings (SSSR count). The highest BCUT2D eigenvalue weighted by Crippen LogP contribution is 2.61. The molecular weight excluding hydrogens is 452 g/mol. The monoisotopic (exact) mass is 477 g/mol. The van der Waals surface area contributed by atoms with Gasteiger partial charge in [0.15, 0.2) is 5.78 Å². The first-order valence-electron chi connectivity index (χ1n) is 10.4. The Bertz CT molecular complexity index is 1090. The zero-order valence-corrected chi connectivity index (χ0v) is 19.3. The van der Waals surface area contributed by atoms with Crippen molar-refractivity contribution in [1.82, 2.24) is 18.7 Å². The van der Waals surface area contributed by atoms with Gasteiger partial charge >= 0.3 is 15.3 Å². The molecule has 0 aromatic heterocycles. The smallest absolute Gasteiger partial charge is 0.422 e. The topological polar surface area (TPSA) is 108 Å². The zero-order valence-electron chi connectivity index (χ0n) is 17.5. The number of ketones is 1. The van der Waals surface area contributed by atoms with Crippen molar-refractivity contribution in [2.24, 2.45) is 5.73 Å². The molecule has 1 unspecified atom stereocenters. The molecular formula is C20H25N5O5P2. The minimum Gasteiger partial charge on any atom is -0.422 e. The van der Waals surface area contributed by atoms with E-state index in [1.165, 1.54) is 16.9 Å². The van der Waals surface area contributed by atoms with Crippen LogP contribution in [0.15, 0.2) is 60.5 Å². The summed E-state index contributed by atoms with van der Waals surface area (Å²) in [5.74, 6) is 0.530. The molecule has 0 spiro atoms. The predicted octanol–water partition coefficient (Wildman–Crippen LogP) is 2.40. The van der Waals surface area contributed by atoms with Crippen LogP contribution in [-0.2, 0) is 13.9 Å². The summed E-state index contributed by atoms with van der Waals surface area (Å²) in [4.78, 5) is 12.1. The van der Waals surface area contributed by atoms with E-state index in [2.05, 4.69) is 6.58 Å². The Morgan fingerprint density at radius 2 is 1.38 bits per heavy atom. The zero-order chi connectivity index (χ0) is 22.5. The molecule has 2 N–H and O–H groups in total. The van der Waals surface area contributed by atoms with Crippen molar-refractivity contribution in [3.8, 4) is 11.5 Å². The van der Waals surface area contributed by atoms with E-state index in [1.54, 1.807) is 35.0 Å². The molecule has 0 aliphatic carbocycles. The third-order valence-electron chi connectivity index (χ3n) is 5.38. The van der Waals surface area contributed by atoms with Crippen LogP contribution < -0.4 is 14.8 Å². The molecule has 0 bridgehead atoms. The van der Waals surface area contributed by atoms with E-state index in [1.807, 2.05) is 9.34 Å². The van der Waals surface area contributed by atoms with Crippen LogP contribution in [-0.4, -0.2) is 70.3 Å². The van der Waals surface area contributed by atoms with Crippen LogP contribution in [0.25, 0.3) is 0 Å². The van der Waals surface area contributed by atoms with Gasteiger partial charge < -0.3 is 14.8 Å². The first-order valence-corrected chi connectivity index (χ1v) is 13.5. The fraction of sp³-hybridized carbons (Fsp3) is 0.350. The summed E-state index contributed by atoms with van der Waals surface area (Å²) in [7, 11) is -6.49. The lowest BCUT2D eigenvalue weighted by molar-refractivity contribution is -0.111. The fourth-order valence-corrected chi connectivity index (χ4v) is 7.71. The number of nitrogens with zero attached hydrogens (tertiary/aromatic N) is 4. The summed E-state index contributed by atoms with van der Waals surface area (Å²) in [5, 5.41) is 0.